The highest BCUT2D eigenvalue weighted by molar-refractivity contribution is 5.00. The van der Waals surface area contributed by atoms with Gasteiger partial charge in [-0.1, -0.05) is 19.9 Å². The van der Waals surface area contributed by atoms with Gasteiger partial charge in [0.25, 0.3) is 0 Å². The molecule has 0 radical (unpaired) electrons. The Balaban J connectivity index is 3.33. The molecule has 2 nitrogen and oxygen atoms in total. The quantitative estimate of drug-likeness (QED) is 0.416. The molecule has 8 heavy (non-hydrogen) atoms. The van der Waals surface area contributed by atoms with Gasteiger partial charge in [-0.05, 0) is 12.0 Å². The molecule has 0 rings (SSSR count). The number of rotatable bonds is 3. The molecule has 0 aromatic heterocycles. The van der Waals surface area contributed by atoms with E-state index in [9.17, 15) is 0 Å². The van der Waals surface area contributed by atoms with E-state index in [0.717, 1.165) is 18.4 Å². The van der Waals surface area contributed by atoms with Gasteiger partial charge < -0.3 is 11.5 Å². The standard InChI is InChI=1S/C6H14N2/c1-3-4-5(2)6(7)8/h6H,2-4,7-8H2,1H3. The van der Waals surface area contributed by atoms with Crippen molar-refractivity contribution in [2.45, 2.75) is 25.9 Å². The summed E-state index contributed by atoms with van der Waals surface area (Å²) in [5.74, 6) is 0. The van der Waals surface area contributed by atoms with E-state index >= 15 is 0 Å². The first-order valence-corrected chi connectivity index (χ1v) is 2.87. The van der Waals surface area contributed by atoms with E-state index in [0.29, 0.717) is 0 Å². The van der Waals surface area contributed by atoms with Gasteiger partial charge in [0.1, 0.15) is 0 Å². The summed E-state index contributed by atoms with van der Waals surface area (Å²) < 4.78 is 0. The molecule has 0 aliphatic heterocycles. The smallest absolute Gasteiger partial charge is 0.0740 e. The third-order valence-electron chi connectivity index (χ3n) is 1.04. The molecule has 0 aromatic rings. The highest BCUT2D eigenvalue weighted by atomic mass is 14.8. The predicted octanol–water partition coefficient (Wildman–Crippen LogP) is 0.586. The average molecular weight is 114 g/mol. The molecule has 0 heterocycles. The normalized spacial score (nSPS) is 10.0. The Hall–Kier alpha value is -0.340. The van der Waals surface area contributed by atoms with Gasteiger partial charge in [-0.25, -0.2) is 0 Å². The van der Waals surface area contributed by atoms with Gasteiger partial charge in [0.2, 0.25) is 0 Å². The second kappa shape index (κ2) is 3.64. The second-order valence-electron chi connectivity index (χ2n) is 1.93. The van der Waals surface area contributed by atoms with Crippen LogP contribution in [0.15, 0.2) is 12.2 Å². The zero-order valence-corrected chi connectivity index (χ0v) is 5.35. The van der Waals surface area contributed by atoms with Crippen molar-refractivity contribution in [1.29, 1.82) is 0 Å². The van der Waals surface area contributed by atoms with E-state index in [1.807, 2.05) is 0 Å². The lowest BCUT2D eigenvalue weighted by Crippen LogP contribution is -2.31. The minimum atomic E-state index is -0.324. The maximum atomic E-state index is 5.30. The molecule has 0 aliphatic rings. The molecule has 0 saturated carbocycles. The summed E-state index contributed by atoms with van der Waals surface area (Å²) >= 11 is 0. The van der Waals surface area contributed by atoms with Gasteiger partial charge in [0, 0.05) is 0 Å². The SMILES string of the molecule is C=C(CCC)C(N)N. The van der Waals surface area contributed by atoms with E-state index in [4.69, 9.17) is 11.5 Å². The minimum absolute atomic E-state index is 0.324. The molecule has 0 aliphatic carbocycles. The van der Waals surface area contributed by atoms with Crippen LogP contribution in [0.2, 0.25) is 0 Å². The van der Waals surface area contributed by atoms with Crippen LogP contribution in [-0.4, -0.2) is 6.17 Å². The Bertz CT molecular complexity index is 76.6. The molecule has 48 valence electrons. The first-order chi connectivity index (χ1) is 3.68. The fourth-order valence-electron chi connectivity index (χ4n) is 0.488. The highest BCUT2D eigenvalue weighted by Gasteiger charge is 1.96. The Labute approximate surface area is 50.6 Å². The van der Waals surface area contributed by atoms with Crippen LogP contribution in [0.25, 0.3) is 0 Å². The van der Waals surface area contributed by atoms with E-state index in [1.165, 1.54) is 0 Å². The summed E-state index contributed by atoms with van der Waals surface area (Å²) in [5, 5.41) is 0. The molecule has 0 aromatic carbocycles. The fraction of sp³-hybridized carbons (Fsp3) is 0.667. The van der Waals surface area contributed by atoms with Gasteiger partial charge in [0.05, 0.1) is 6.17 Å². The zero-order valence-electron chi connectivity index (χ0n) is 5.35. The zero-order chi connectivity index (χ0) is 6.57. The van der Waals surface area contributed by atoms with E-state index in [-0.39, 0.29) is 6.17 Å². The van der Waals surface area contributed by atoms with Crippen LogP contribution < -0.4 is 11.5 Å². The molecule has 0 bridgehead atoms. The summed E-state index contributed by atoms with van der Waals surface area (Å²) in [7, 11) is 0. The van der Waals surface area contributed by atoms with E-state index in [1.54, 1.807) is 0 Å². The van der Waals surface area contributed by atoms with Crippen molar-refractivity contribution in [3.05, 3.63) is 12.2 Å². The lowest BCUT2D eigenvalue weighted by Gasteiger charge is -2.05. The van der Waals surface area contributed by atoms with Crippen molar-refractivity contribution in [2.24, 2.45) is 11.5 Å². The Morgan fingerprint density at radius 3 is 2.25 bits per heavy atom. The summed E-state index contributed by atoms with van der Waals surface area (Å²) in [6.07, 6.45) is 1.69. The molecule has 0 spiro atoms. The highest BCUT2D eigenvalue weighted by Crippen LogP contribution is 2.00. The molecular formula is C6H14N2. The average Bonchev–Trinajstić information content (AvgIpc) is 1.67. The van der Waals surface area contributed by atoms with Gasteiger partial charge in [-0.15, -0.1) is 0 Å². The van der Waals surface area contributed by atoms with Crippen molar-refractivity contribution in [1.82, 2.24) is 0 Å². The molecular weight excluding hydrogens is 100 g/mol. The molecule has 2 heteroatoms. The first kappa shape index (κ1) is 7.66. The van der Waals surface area contributed by atoms with Crippen LogP contribution >= 0.6 is 0 Å². The molecule has 0 saturated heterocycles. The lowest BCUT2D eigenvalue weighted by atomic mass is 10.1. The van der Waals surface area contributed by atoms with Crippen LogP contribution in [0.3, 0.4) is 0 Å². The maximum absolute atomic E-state index is 5.30. The lowest BCUT2D eigenvalue weighted by molar-refractivity contribution is 0.746. The fourth-order valence-corrected chi connectivity index (χ4v) is 0.488. The summed E-state index contributed by atoms with van der Waals surface area (Å²) in [6.45, 7) is 5.77. The van der Waals surface area contributed by atoms with Crippen LogP contribution in [0.1, 0.15) is 19.8 Å². The maximum Gasteiger partial charge on any atom is 0.0740 e. The molecule has 4 N–H and O–H groups in total. The Morgan fingerprint density at radius 1 is 1.62 bits per heavy atom. The number of nitrogens with two attached hydrogens (primary N) is 2. The number of hydrogen-bond acceptors (Lipinski definition) is 2. The van der Waals surface area contributed by atoms with Crippen LogP contribution in [0.4, 0.5) is 0 Å². The van der Waals surface area contributed by atoms with Gasteiger partial charge in [-0.3, -0.25) is 0 Å². The van der Waals surface area contributed by atoms with Gasteiger partial charge >= 0.3 is 0 Å². The van der Waals surface area contributed by atoms with Crippen molar-refractivity contribution in [3.63, 3.8) is 0 Å². The molecule has 0 fully saturated rings. The van der Waals surface area contributed by atoms with E-state index < -0.39 is 0 Å². The minimum Gasteiger partial charge on any atom is -0.313 e. The van der Waals surface area contributed by atoms with Crippen molar-refractivity contribution >= 4 is 0 Å². The van der Waals surface area contributed by atoms with Crippen molar-refractivity contribution in [2.75, 3.05) is 0 Å². The second-order valence-corrected chi connectivity index (χ2v) is 1.93. The third kappa shape index (κ3) is 2.77. The van der Waals surface area contributed by atoms with Crippen molar-refractivity contribution < 1.29 is 0 Å². The van der Waals surface area contributed by atoms with Crippen molar-refractivity contribution in [3.8, 4) is 0 Å². The Morgan fingerprint density at radius 2 is 2.12 bits per heavy atom. The van der Waals surface area contributed by atoms with E-state index in [2.05, 4.69) is 13.5 Å². The number of hydrogen-bond donors (Lipinski definition) is 2. The van der Waals surface area contributed by atoms with Crippen LogP contribution in [0, 0.1) is 0 Å². The molecule has 0 unspecified atom stereocenters. The van der Waals surface area contributed by atoms with Crippen LogP contribution in [-0.2, 0) is 0 Å². The third-order valence-corrected chi connectivity index (χ3v) is 1.04. The molecule has 0 amide bonds. The predicted molar refractivity (Wildman–Crippen MR) is 36.2 cm³/mol. The first-order valence-electron chi connectivity index (χ1n) is 2.87. The summed E-state index contributed by atoms with van der Waals surface area (Å²) in [6, 6.07) is 0. The topological polar surface area (TPSA) is 52.0 Å². The largest absolute Gasteiger partial charge is 0.313 e. The van der Waals surface area contributed by atoms with Gasteiger partial charge in [-0.2, -0.15) is 0 Å². The van der Waals surface area contributed by atoms with Crippen LogP contribution in [0.5, 0.6) is 0 Å². The van der Waals surface area contributed by atoms with Gasteiger partial charge in [0.15, 0.2) is 0 Å². The summed E-state index contributed by atoms with van der Waals surface area (Å²) in [4.78, 5) is 0. The monoisotopic (exact) mass is 114 g/mol. The summed E-state index contributed by atoms with van der Waals surface area (Å²) in [5.41, 5.74) is 11.5. The molecule has 0 atom stereocenters. The Kier molecular flexibility index (Phi) is 3.48.